The molecule has 0 atom stereocenters. The fourth-order valence-electron chi connectivity index (χ4n) is 1.40. The van der Waals surface area contributed by atoms with Gasteiger partial charge in [-0.15, -0.1) is 0 Å². The van der Waals surface area contributed by atoms with Crippen LogP contribution in [0.5, 0.6) is 0 Å². The number of hydrogen-bond donors (Lipinski definition) is 1. The molecule has 2 nitrogen and oxygen atoms in total. The molecule has 0 aromatic heterocycles. The Kier molecular flexibility index (Phi) is 8.12. The second-order valence-corrected chi connectivity index (χ2v) is 3.29. The van der Waals surface area contributed by atoms with Crippen LogP contribution in [0, 0.1) is 0 Å². The van der Waals surface area contributed by atoms with Gasteiger partial charge in [-0.05, 0) is 18.1 Å². The Morgan fingerprint density at radius 1 is 1.35 bits per heavy atom. The van der Waals surface area contributed by atoms with Gasteiger partial charge in [0.25, 0.3) is 5.95 Å². The molecule has 1 aromatic carbocycles. The van der Waals surface area contributed by atoms with Crippen LogP contribution in [0.25, 0.3) is 0 Å². The Morgan fingerprint density at radius 3 is 2.41 bits per heavy atom. The maximum Gasteiger partial charge on any atom is 0.284 e. The Bertz CT molecular complexity index is 369. The van der Waals surface area contributed by atoms with Gasteiger partial charge in [0.1, 0.15) is 0 Å². The summed E-state index contributed by atoms with van der Waals surface area (Å²) in [6, 6.07) is 10.0. The third kappa shape index (κ3) is 5.03. The molecule has 1 aliphatic rings. The first-order valence-corrected chi connectivity index (χ1v) is 5.31. The van der Waals surface area contributed by atoms with Crippen molar-refractivity contribution >= 4 is 0 Å². The maximum absolute atomic E-state index is 9.22. The summed E-state index contributed by atoms with van der Waals surface area (Å²) in [5, 5.41) is 9.22. The average Bonchev–Trinajstić information content (AvgIpc) is 3.00. The van der Waals surface area contributed by atoms with E-state index in [-0.39, 0.29) is 23.0 Å². The normalized spacial score (nSPS) is 15.3. The number of ether oxygens (including phenoxy) is 1. The Labute approximate surface area is 113 Å². The topological polar surface area (TPSA) is 29.5 Å². The summed E-state index contributed by atoms with van der Waals surface area (Å²) in [5.41, 5.74) is 1.92. The molecular formula is C14H17FeO2-. The van der Waals surface area contributed by atoms with Crippen molar-refractivity contribution in [2.45, 2.75) is 13.3 Å². The standard InChI is InChI=1S/C9H12O2.C5H5.Fe/c1-3-7-5-4-6-8(7)9(10)11-2;1-2-4-5-3-1;/h4-6,10H,3H2,1-2H3;1-5H;/q;-1;/b9-8+;;. The quantitative estimate of drug-likeness (QED) is 0.505. The van der Waals surface area contributed by atoms with Crippen molar-refractivity contribution < 1.29 is 26.9 Å². The third-order valence-electron chi connectivity index (χ3n) is 2.27. The van der Waals surface area contributed by atoms with Gasteiger partial charge in [0.2, 0.25) is 0 Å². The van der Waals surface area contributed by atoms with Gasteiger partial charge in [-0.3, -0.25) is 0 Å². The molecule has 0 radical (unpaired) electrons. The summed E-state index contributed by atoms with van der Waals surface area (Å²) in [7, 11) is 1.46. The van der Waals surface area contributed by atoms with Gasteiger partial charge in [-0.25, -0.2) is 12.1 Å². The molecule has 0 fully saturated rings. The largest absolute Gasteiger partial charge is 0.481 e. The fourth-order valence-corrected chi connectivity index (χ4v) is 1.40. The first-order valence-electron chi connectivity index (χ1n) is 5.31. The summed E-state index contributed by atoms with van der Waals surface area (Å²) >= 11 is 0. The van der Waals surface area contributed by atoms with Gasteiger partial charge < -0.3 is 9.84 Å². The number of methoxy groups -OCH3 is 1. The van der Waals surface area contributed by atoms with E-state index in [2.05, 4.69) is 0 Å². The van der Waals surface area contributed by atoms with Gasteiger partial charge in [0.15, 0.2) is 0 Å². The van der Waals surface area contributed by atoms with Crippen LogP contribution in [0.1, 0.15) is 13.3 Å². The zero-order valence-corrected chi connectivity index (χ0v) is 11.1. The van der Waals surface area contributed by atoms with Crippen molar-refractivity contribution in [3.63, 3.8) is 0 Å². The average molecular weight is 273 g/mol. The molecule has 0 saturated carbocycles. The van der Waals surface area contributed by atoms with E-state index < -0.39 is 0 Å². The van der Waals surface area contributed by atoms with E-state index >= 15 is 0 Å². The van der Waals surface area contributed by atoms with Crippen molar-refractivity contribution in [1.82, 2.24) is 0 Å². The zero-order chi connectivity index (χ0) is 11.8. The molecule has 0 unspecified atom stereocenters. The zero-order valence-electron chi connectivity index (χ0n) is 10.0. The maximum atomic E-state index is 9.22. The van der Waals surface area contributed by atoms with Gasteiger partial charge in [-0.2, -0.15) is 18.2 Å². The number of hydrogen-bond acceptors (Lipinski definition) is 2. The molecule has 17 heavy (non-hydrogen) atoms. The monoisotopic (exact) mass is 273 g/mol. The van der Waals surface area contributed by atoms with Crippen molar-refractivity contribution in [3.05, 3.63) is 65.7 Å². The van der Waals surface area contributed by atoms with E-state index in [0.717, 1.165) is 17.6 Å². The van der Waals surface area contributed by atoms with Crippen molar-refractivity contribution in [1.29, 1.82) is 0 Å². The van der Waals surface area contributed by atoms with Crippen LogP contribution in [0.15, 0.2) is 65.7 Å². The minimum Gasteiger partial charge on any atom is -0.481 e. The van der Waals surface area contributed by atoms with Crippen LogP contribution < -0.4 is 0 Å². The van der Waals surface area contributed by atoms with Crippen molar-refractivity contribution in [3.8, 4) is 0 Å². The summed E-state index contributed by atoms with van der Waals surface area (Å²) in [6.07, 6.45) is 6.64. The summed E-state index contributed by atoms with van der Waals surface area (Å²) in [5.74, 6) is 0.00634. The molecule has 0 amide bonds. The molecule has 1 aromatic rings. The van der Waals surface area contributed by atoms with Crippen LogP contribution >= 0.6 is 0 Å². The van der Waals surface area contributed by atoms with Crippen molar-refractivity contribution in [2.75, 3.05) is 7.11 Å². The minimum atomic E-state index is 0. The Hall–Kier alpha value is -1.31. The summed E-state index contributed by atoms with van der Waals surface area (Å²) in [6.45, 7) is 2.04. The molecule has 3 heteroatoms. The van der Waals surface area contributed by atoms with Gasteiger partial charge in [-0.1, -0.05) is 19.1 Å². The SMILES string of the molecule is CCC1=CC=C/C1=C(/O)OC.[Fe].c1cc[cH-]c1. The molecule has 0 aliphatic heterocycles. The first-order chi connectivity index (χ1) is 7.79. The Morgan fingerprint density at radius 2 is 2.00 bits per heavy atom. The molecule has 94 valence electrons. The molecule has 1 aliphatic carbocycles. The van der Waals surface area contributed by atoms with E-state index in [1.165, 1.54) is 7.11 Å². The predicted molar refractivity (Wildman–Crippen MR) is 66.2 cm³/mol. The number of allylic oxidation sites excluding steroid dienone is 5. The Balaban J connectivity index is 0.000000360. The minimum absolute atomic E-state index is 0. The molecule has 0 saturated heterocycles. The second-order valence-electron chi connectivity index (χ2n) is 3.29. The van der Waals surface area contributed by atoms with E-state index in [0.29, 0.717) is 0 Å². The van der Waals surface area contributed by atoms with Gasteiger partial charge in [0, 0.05) is 17.1 Å². The molecular weight excluding hydrogens is 256 g/mol. The smallest absolute Gasteiger partial charge is 0.284 e. The second kappa shape index (κ2) is 8.80. The third-order valence-corrected chi connectivity index (χ3v) is 2.27. The number of aliphatic hydroxyl groups excluding tert-OH is 1. The van der Waals surface area contributed by atoms with Gasteiger partial charge >= 0.3 is 0 Å². The van der Waals surface area contributed by atoms with E-state index in [9.17, 15) is 5.11 Å². The van der Waals surface area contributed by atoms with E-state index in [1.54, 1.807) is 0 Å². The number of aliphatic hydroxyl groups is 1. The van der Waals surface area contributed by atoms with Crippen LogP contribution in [0.3, 0.4) is 0 Å². The fraction of sp³-hybridized carbons (Fsp3) is 0.214. The van der Waals surface area contributed by atoms with Crippen LogP contribution in [-0.2, 0) is 21.8 Å². The molecule has 0 spiro atoms. The molecule has 1 N–H and O–H groups in total. The number of rotatable bonds is 2. The first kappa shape index (κ1) is 15.7. The van der Waals surface area contributed by atoms with Crippen LogP contribution in [0.2, 0.25) is 0 Å². The summed E-state index contributed by atoms with van der Waals surface area (Å²) in [4.78, 5) is 0. The van der Waals surface area contributed by atoms with Crippen molar-refractivity contribution in [2.24, 2.45) is 0 Å². The van der Waals surface area contributed by atoms with Crippen LogP contribution in [-0.4, -0.2) is 12.2 Å². The van der Waals surface area contributed by atoms with E-state index in [4.69, 9.17) is 4.74 Å². The predicted octanol–water partition coefficient (Wildman–Crippen LogP) is 3.71. The van der Waals surface area contributed by atoms with E-state index in [1.807, 2.05) is 55.5 Å². The molecule has 0 heterocycles. The summed E-state index contributed by atoms with van der Waals surface area (Å²) < 4.78 is 4.71. The van der Waals surface area contributed by atoms with Gasteiger partial charge in [0.05, 0.1) is 12.7 Å². The molecule has 0 bridgehead atoms. The molecule has 2 rings (SSSR count). The van der Waals surface area contributed by atoms with Crippen LogP contribution in [0.4, 0.5) is 0 Å².